The second-order valence-electron chi connectivity index (χ2n) is 6.11. The molecule has 0 spiro atoms. The maximum absolute atomic E-state index is 3.67. The summed E-state index contributed by atoms with van der Waals surface area (Å²) in [6.07, 6.45) is 0. The van der Waals surface area contributed by atoms with Gasteiger partial charge in [0.15, 0.2) is 0 Å². The van der Waals surface area contributed by atoms with Gasteiger partial charge >= 0.3 is 0 Å². The molecule has 0 fully saturated rings. The van der Waals surface area contributed by atoms with Crippen molar-refractivity contribution < 1.29 is 0 Å². The van der Waals surface area contributed by atoms with Crippen molar-refractivity contribution in [2.45, 2.75) is 32.4 Å². The molecule has 0 aliphatic rings. The molecule has 0 saturated heterocycles. The lowest BCUT2D eigenvalue weighted by atomic mass is 9.85. The molecule has 0 saturated carbocycles. The maximum atomic E-state index is 3.67. The fraction of sp³-hybridized carbons (Fsp3) is 0.444. The van der Waals surface area contributed by atoms with Crippen molar-refractivity contribution in [3.8, 4) is 0 Å². The van der Waals surface area contributed by atoms with Crippen LogP contribution in [0.3, 0.4) is 0 Å². The summed E-state index contributed by atoms with van der Waals surface area (Å²) in [7, 11) is 4.30. The second-order valence-corrected chi connectivity index (χ2v) is 6.11. The number of benzene rings is 2. The summed E-state index contributed by atoms with van der Waals surface area (Å²) in [5, 5.41) is 6.32. The van der Waals surface area contributed by atoms with E-state index in [1.165, 1.54) is 16.3 Å². The first-order valence-electron chi connectivity index (χ1n) is 7.37. The topological polar surface area (TPSA) is 15.3 Å². The van der Waals surface area contributed by atoms with Gasteiger partial charge in [-0.15, -0.1) is 0 Å². The maximum Gasteiger partial charge on any atom is 0.0507 e. The molecule has 1 atom stereocenters. The van der Waals surface area contributed by atoms with E-state index in [0.717, 1.165) is 6.54 Å². The minimum absolute atomic E-state index is 0.0418. The Labute approximate surface area is 122 Å². The Kier molecular flexibility index (Phi) is 4.46. The van der Waals surface area contributed by atoms with E-state index in [-0.39, 0.29) is 5.54 Å². The fourth-order valence-corrected chi connectivity index (χ4v) is 2.70. The van der Waals surface area contributed by atoms with Crippen LogP contribution in [0.5, 0.6) is 0 Å². The van der Waals surface area contributed by atoms with Crippen molar-refractivity contribution in [3.05, 3.63) is 48.0 Å². The summed E-state index contributed by atoms with van der Waals surface area (Å²) in [6.45, 7) is 7.72. The van der Waals surface area contributed by atoms with Gasteiger partial charge in [0, 0.05) is 5.54 Å². The van der Waals surface area contributed by atoms with Crippen molar-refractivity contribution in [3.63, 3.8) is 0 Å². The van der Waals surface area contributed by atoms with Crippen molar-refractivity contribution >= 4 is 10.8 Å². The van der Waals surface area contributed by atoms with E-state index in [9.17, 15) is 0 Å². The van der Waals surface area contributed by atoms with Crippen LogP contribution < -0.4 is 5.32 Å². The molecule has 0 aliphatic carbocycles. The molecular formula is C18H26N2. The Bertz CT molecular complexity index is 567. The van der Waals surface area contributed by atoms with Gasteiger partial charge in [0.25, 0.3) is 0 Å². The Balaban J connectivity index is 2.58. The molecule has 1 N–H and O–H groups in total. The standard InChI is InChI=1S/C18H26N2/c1-6-19-17(18(2,3)20(4)5)16-13-9-11-14-10-7-8-12-15(14)16/h7-13,17,19H,6H2,1-5H3. The highest BCUT2D eigenvalue weighted by atomic mass is 15.2. The highest BCUT2D eigenvalue weighted by Gasteiger charge is 2.32. The van der Waals surface area contributed by atoms with E-state index < -0.39 is 0 Å². The molecule has 0 radical (unpaired) electrons. The Morgan fingerprint density at radius 2 is 1.70 bits per heavy atom. The quantitative estimate of drug-likeness (QED) is 0.888. The molecule has 0 amide bonds. The summed E-state index contributed by atoms with van der Waals surface area (Å²) in [4.78, 5) is 2.29. The molecule has 2 nitrogen and oxygen atoms in total. The predicted octanol–water partition coefficient (Wildman–Crippen LogP) is 3.83. The van der Waals surface area contributed by atoms with Gasteiger partial charge in [-0.3, -0.25) is 0 Å². The highest BCUT2D eigenvalue weighted by Crippen LogP contribution is 2.33. The van der Waals surface area contributed by atoms with Crippen LogP contribution in [0, 0.1) is 0 Å². The highest BCUT2D eigenvalue weighted by molar-refractivity contribution is 5.86. The molecule has 2 aromatic rings. The fourth-order valence-electron chi connectivity index (χ4n) is 2.70. The van der Waals surface area contributed by atoms with Gasteiger partial charge in [-0.25, -0.2) is 0 Å². The molecule has 0 aliphatic heterocycles. The van der Waals surface area contributed by atoms with Gasteiger partial charge in [-0.2, -0.15) is 0 Å². The lowest BCUT2D eigenvalue weighted by molar-refractivity contribution is 0.139. The largest absolute Gasteiger partial charge is 0.309 e. The summed E-state index contributed by atoms with van der Waals surface area (Å²) in [5.41, 5.74) is 1.42. The number of likely N-dealkylation sites (N-methyl/N-ethyl adjacent to an activating group) is 2. The third-order valence-corrected chi connectivity index (χ3v) is 4.40. The van der Waals surface area contributed by atoms with Crippen LogP contribution in [0.4, 0.5) is 0 Å². The molecule has 108 valence electrons. The molecule has 2 rings (SSSR count). The minimum Gasteiger partial charge on any atom is -0.309 e. The van der Waals surface area contributed by atoms with Crippen LogP contribution >= 0.6 is 0 Å². The van der Waals surface area contributed by atoms with E-state index >= 15 is 0 Å². The zero-order chi connectivity index (χ0) is 14.8. The van der Waals surface area contributed by atoms with E-state index in [1.54, 1.807) is 0 Å². The van der Waals surface area contributed by atoms with Gasteiger partial charge in [0.2, 0.25) is 0 Å². The first kappa shape index (κ1) is 15.0. The number of hydrogen-bond donors (Lipinski definition) is 1. The van der Waals surface area contributed by atoms with Crippen LogP contribution in [0.1, 0.15) is 32.4 Å². The molecule has 2 heteroatoms. The Morgan fingerprint density at radius 3 is 2.35 bits per heavy atom. The lowest BCUT2D eigenvalue weighted by Gasteiger charge is -2.41. The number of nitrogens with zero attached hydrogens (tertiary/aromatic N) is 1. The SMILES string of the molecule is CCNC(c1cccc2ccccc12)C(C)(C)N(C)C. The number of rotatable bonds is 5. The van der Waals surface area contributed by atoms with Crippen LogP contribution in [-0.4, -0.2) is 31.1 Å². The smallest absolute Gasteiger partial charge is 0.0507 e. The van der Waals surface area contributed by atoms with Crippen molar-refractivity contribution in [1.29, 1.82) is 0 Å². The lowest BCUT2D eigenvalue weighted by Crippen LogP contribution is -2.49. The van der Waals surface area contributed by atoms with Gasteiger partial charge in [0.05, 0.1) is 6.04 Å². The summed E-state index contributed by atoms with van der Waals surface area (Å²) in [5.74, 6) is 0. The zero-order valence-electron chi connectivity index (χ0n) is 13.3. The monoisotopic (exact) mass is 270 g/mol. The molecule has 1 unspecified atom stereocenters. The first-order valence-corrected chi connectivity index (χ1v) is 7.37. The number of fused-ring (bicyclic) bond motifs is 1. The summed E-state index contributed by atoms with van der Waals surface area (Å²) >= 11 is 0. The van der Waals surface area contributed by atoms with E-state index in [2.05, 4.69) is 87.5 Å². The van der Waals surface area contributed by atoms with Gasteiger partial charge in [-0.1, -0.05) is 49.4 Å². The van der Waals surface area contributed by atoms with Crippen LogP contribution in [0.15, 0.2) is 42.5 Å². The average molecular weight is 270 g/mol. The first-order chi connectivity index (χ1) is 9.48. The van der Waals surface area contributed by atoms with Gasteiger partial charge in [-0.05, 0) is 50.8 Å². The third-order valence-electron chi connectivity index (χ3n) is 4.40. The Hall–Kier alpha value is -1.38. The van der Waals surface area contributed by atoms with Crippen LogP contribution in [-0.2, 0) is 0 Å². The molecule has 20 heavy (non-hydrogen) atoms. The van der Waals surface area contributed by atoms with Gasteiger partial charge < -0.3 is 10.2 Å². The van der Waals surface area contributed by atoms with Crippen LogP contribution in [0.2, 0.25) is 0 Å². The van der Waals surface area contributed by atoms with E-state index in [1.807, 2.05) is 0 Å². The minimum atomic E-state index is 0.0418. The van der Waals surface area contributed by atoms with E-state index in [0.29, 0.717) is 6.04 Å². The Morgan fingerprint density at radius 1 is 1.05 bits per heavy atom. The molecule has 0 heterocycles. The molecule has 0 aromatic heterocycles. The number of hydrogen-bond acceptors (Lipinski definition) is 2. The third kappa shape index (κ3) is 2.72. The molecule has 2 aromatic carbocycles. The normalized spacial score (nSPS) is 13.9. The second kappa shape index (κ2) is 5.94. The van der Waals surface area contributed by atoms with Crippen molar-refractivity contribution in [2.75, 3.05) is 20.6 Å². The summed E-state index contributed by atoms with van der Waals surface area (Å²) < 4.78 is 0. The van der Waals surface area contributed by atoms with Gasteiger partial charge in [0.1, 0.15) is 0 Å². The predicted molar refractivity (Wildman–Crippen MR) is 88.1 cm³/mol. The van der Waals surface area contributed by atoms with E-state index in [4.69, 9.17) is 0 Å². The van der Waals surface area contributed by atoms with Crippen molar-refractivity contribution in [2.24, 2.45) is 0 Å². The van der Waals surface area contributed by atoms with Crippen LogP contribution in [0.25, 0.3) is 10.8 Å². The zero-order valence-corrected chi connectivity index (χ0v) is 13.3. The average Bonchev–Trinajstić information content (AvgIpc) is 2.44. The summed E-state index contributed by atoms with van der Waals surface area (Å²) in [6, 6.07) is 15.5. The molecular weight excluding hydrogens is 244 g/mol. The molecule has 0 bridgehead atoms. The van der Waals surface area contributed by atoms with Crippen molar-refractivity contribution in [1.82, 2.24) is 10.2 Å². The number of nitrogens with one attached hydrogen (secondary N) is 1.